The fraction of sp³-hybridized carbons (Fsp3) is 0.310. The van der Waals surface area contributed by atoms with Gasteiger partial charge < -0.3 is 9.88 Å². The van der Waals surface area contributed by atoms with Crippen LogP contribution in [0.5, 0.6) is 0 Å². The van der Waals surface area contributed by atoms with E-state index in [0.717, 1.165) is 46.8 Å². The van der Waals surface area contributed by atoms with Gasteiger partial charge in [-0.15, -0.1) is 0 Å². The van der Waals surface area contributed by atoms with Crippen LogP contribution < -0.4 is 11.0 Å². The van der Waals surface area contributed by atoms with Gasteiger partial charge in [-0.2, -0.15) is 0 Å². The molecule has 0 unspecified atom stereocenters. The number of carbonyl (C=O) groups excluding carboxylic acids is 1. The van der Waals surface area contributed by atoms with Gasteiger partial charge in [0.25, 0.3) is 12.3 Å². The lowest BCUT2D eigenvalue weighted by Crippen LogP contribution is -2.39. The first-order chi connectivity index (χ1) is 19.3. The minimum atomic E-state index is -2.87. The van der Waals surface area contributed by atoms with Crippen LogP contribution in [-0.4, -0.2) is 35.6 Å². The van der Waals surface area contributed by atoms with Gasteiger partial charge in [0.2, 0.25) is 0 Å². The van der Waals surface area contributed by atoms with E-state index >= 15 is 0 Å². The largest absolute Gasteiger partial charge is 0.349 e. The van der Waals surface area contributed by atoms with Crippen molar-refractivity contribution in [2.24, 2.45) is 13.0 Å². The number of hydrogen-bond acceptors (Lipinski definition) is 4. The van der Waals surface area contributed by atoms with Gasteiger partial charge in [0.15, 0.2) is 0 Å². The van der Waals surface area contributed by atoms with E-state index in [2.05, 4.69) is 15.3 Å². The second-order valence-corrected chi connectivity index (χ2v) is 10.8. The quantitative estimate of drug-likeness (QED) is 0.289. The van der Waals surface area contributed by atoms with Gasteiger partial charge in [0.05, 0.1) is 44.7 Å². The molecule has 3 heterocycles. The van der Waals surface area contributed by atoms with Gasteiger partial charge >= 0.3 is 5.69 Å². The van der Waals surface area contributed by atoms with Crippen molar-refractivity contribution in [2.45, 2.75) is 44.7 Å². The molecule has 3 aromatic heterocycles. The molecule has 5 aromatic rings. The average molecular weight is 565 g/mol. The van der Waals surface area contributed by atoms with Crippen LogP contribution in [0.4, 0.5) is 8.78 Å². The number of alkyl halides is 2. The van der Waals surface area contributed by atoms with E-state index in [9.17, 15) is 18.4 Å². The summed E-state index contributed by atoms with van der Waals surface area (Å²) in [5.41, 5.74) is 3.40. The first-order valence-corrected chi connectivity index (χ1v) is 13.5. The van der Waals surface area contributed by atoms with E-state index in [4.69, 9.17) is 11.6 Å². The summed E-state index contributed by atoms with van der Waals surface area (Å²) in [5.74, 6) is -0.368. The SMILES string of the molecule is Cn1cnc2ccc(-n3c(=O)n(C[C@H]4CC[C@H](NC(=O)c5cc(Cl)cnc5C(F)F)CC4)c4ccccc43)cc21. The van der Waals surface area contributed by atoms with Crippen LogP contribution in [0.1, 0.15) is 48.2 Å². The lowest BCUT2D eigenvalue weighted by Gasteiger charge is -2.29. The Morgan fingerprint density at radius 2 is 1.80 bits per heavy atom. The smallest absolute Gasteiger partial charge is 0.333 e. The van der Waals surface area contributed by atoms with Gasteiger partial charge in [0, 0.05) is 25.8 Å². The summed E-state index contributed by atoms with van der Waals surface area (Å²) in [6.45, 7) is 0.550. The third-order valence-corrected chi connectivity index (χ3v) is 7.97. The number of carbonyl (C=O) groups is 1. The number of fused-ring (bicyclic) bond motifs is 2. The fourth-order valence-corrected chi connectivity index (χ4v) is 5.86. The number of nitrogens with one attached hydrogen (secondary N) is 1. The molecule has 0 atom stereocenters. The molecule has 8 nitrogen and oxygen atoms in total. The summed E-state index contributed by atoms with van der Waals surface area (Å²) in [6.07, 6.45) is 2.92. The highest BCUT2D eigenvalue weighted by atomic mass is 35.5. The van der Waals surface area contributed by atoms with Crippen LogP contribution in [0, 0.1) is 5.92 Å². The van der Waals surface area contributed by atoms with Crippen molar-refractivity contribution in [1.82, 2.24) is 29.0 Å². The molecule has 0 saturated heterocycles. The van der Waals surface area contributed by atoms with Crippen LogP contribution >= 0.6 is 11.6 Å². The molecule has 40 heavy (non-hydrogen) atoms. The Kier molecular flexibility index (Phi) is 6.87. The third-order valence-electron chi connectivity index (χ3n) is 7.76. The molecule has 206 valence electrons. The zero-order valence-electron chi connectivity index (χ0n) is 21.7. The predicted molar refractivity (Wildman–Crippen MR) is 149 cm³/mol. The van der Waals surface area contributed by atoms with Crippen molar-refractivity contribution in [3.8, 4) is 5.69 Å². The Morgan fingerprint density at radius 1 is 1.05 bits per heavy atom. The molecule has 1 aliphatic rings. The van der Waals surface area contributed by atoms with Crippen molar-refractivity contribution in [3.63, 3.8) is 0 Å². The maximum absolute atomic E-state index is 13.8. The summed E-state index contributed by atoms with van der Waals surface area (Å²) in [7, 11) is 1.92. The number of nitrogens with zero attached hydrogens (tertiary/aromatic N) is 5. The summed E-state index contributed by atoms with van der Waals surface area (Å²) >= 11 is 5.91. The summed E-state index contributed by atoms with van der Waals surface area (Å²) < 4.78 is 32.2. The molecular weight excluding hydrogens is 538 g/mol. The Balaban J connectivity index is 1.20. The topological polar surface area (TPSA) is 86.7 Å². The maximum atomic E-state index is 13.8. The second-order valence-electron chi connectivity index (χ2n) is 10.3. The van der Waals surface area contributed by atoms with Gasteiger partial charge in [0.1, 0.15) is 5.69 Å². The van der Waals surface area contributed by atoms with Gasteiger partial charge in [-0.1, -0.05) is 23.7 Å². The van der Waals surface area contributed by atoms with Crippen molar-refractivity contribution < 1.29 is 13.6 Å². The third kappa shape index (κ3) is 4.77. The average Bonchev–Trinajstić information content (AvgIpc) is 3.45. The summed E-state index contributed by atoms with van der Waals surface area (Å²) in [6, 6.07) is 14.6. The molecule has 1 fully saturated rings. The van der Waals surface area contributed by atoms with Crippen molar-refractivity contribution in [2.75, 3.05) is 0 Å². The first kappa shape index (κ1) is 26.2. The number of benzene rings is 2. The highest BCUT2D eigenvalue weighted by molar-refractivity contribution is 6.30. The molecule has 1 saturated carbocycles. The van der Waals surface area contributed by atoms with Crippen molar-refractivity contribution >= 4 is 39.6 Å². The van der Waals surface area contributed by atoms with Crippen LogP contribution in [0.25, 0.3) is 27.8 Å². The predicted octanol–water partition coefficient (Wildman–Crippen LogP) is 5.65. The number of aryl methyl sites for hydroxylation is 1. The Morgan fingerprint density at radius 3 is 2.55 bits per heavy atom. The number of amides is 1. The molecule has 1 N–H and O–H groups in total. The van der Waals surface area contributed by atoms with Gasteiger partial charge in [-0.05, 0) is 68.0 Å². The molecule has 11 heteroatoms. The molecule has 0 bridgehead atoms. The lowest BCUT2D eigenvalue weighted by atomic mass is 9.85. The number of aromatic nitrogens is 5. The first-order valence-electron chi connectivity index (χ1n) is 13.2. The minimum Gasteiger partial charge on any atom is -0.349 e. The van der Waals surface area contributed by atoms with Crippen LogP contribution in [0.15, 0.2) is 65.8 Å². The number of pyridine rings is 1. The van der Waals surface area contributed by atoms with Crippen molar-refractivity contribution in [1.29, 1.82) is 0 Å². The van der Waals surface area contributed by atoms with E-state index in [1.165, 1.54) is 6.07 Å². The van der Waals surface area contributed by atoms with Gasteiger partial charge in [-0.3, -0.25) is 18.9 Å². The molecular formula is C29H27ClF2N6O2. The highest BCUT2D eigenvalue weighted by Gasteiger charge is 2.27. The van der Waals surface area contributed by atoms with E-state index in [1.54, 1.807) is 10.9 Å². The number of hydrogen-bond donors (Lipinski definition) is 1. The van der Waals surface area contributed by atoms with Crippen LogP contribution in [-0.2, 0) is 13.6 Å². The van der Waals surface area contributed by atoms with E-state index < -0.39 is 18.0 Å². The molecule has 2 aromatic carbocycles. The molecule has 1 aliphatic carbocycles. The monoisotopic (exact) mass is 564 g/mol. The normalized spacial score (nSPS) is 17.6. The Hall–Kier alpha value is -4.05. The van der Waals surface area contributed by atoms with Gasteiger partial charge in [-0.25, -0.2) is 18.6 Å². The van der Waals surface area contributed by atoms with E-state index in [0.29, 0.717) is 19.4 Å². The summed E-state index contributed by atoms with van der Waals surface area (Å²) in [5, 5.41) is 3.00. The second kappa shape index (κ2) is 10.5. The molecule has 0 aliphatic heterocycles. The highest BCUT2D eigenvalue weighted by Crippen LogP contribution is 2.29. The zero-order chi connectivity index (χ0) is 28.0. The number of halogens is 3. The fourth-order valence-electron chi connectivity index (χ4n) is 5.70. The molecule has 6 rings (SSSR count). The number of rotatable bonds is 6. The molecule has 1 amide bonds. The maximum Gasteiger partial charge on any atom is 0.333 e. The van der Waals surface area contributed by atoms with Crippen LogP contribution in [0.3, 0.4) is 0 Å². The van der Waals surface area contributed by atoms with E-state index in [1.807, 2.05) is 58.6 Å². The zero-order valence-corrected chi connectivity index (χ0v) is 22.5. The number of imidazole rings is 2. The minimum absolute atomic E-state index is 0.105. The lowest BCUT2D eigenvalue weighted by molar-refractivity contribution is 0.0904. The Bertz CT molecular complexity index is 1780. The van der Waals surface area contributed by atoms with E-state index in [-0.39, 0.29) is 28.2 Å². The Labute approximate surface area is 233 Å². The van der Waals surface area contributed by atoms with Crippen molar-refractivity contribution in [3.05, 3.63) is 87.8 Å². The molecule has 0 radical (unpaired) electrons. The molecule has 0 spiro atoms. The number of para-hydroxylation sites is 2. The van der Waals surface area contributed by atoms with Crippen LogP contribution in [0.2, 0.25) is 5.02 Å². The standard InChI is InChI=1S/C29H27ClF2N6O2/c1-36-16-34-22-11-10-20(13-25(22)36)38-24-5-3-2-4-23(24)37(29(38)40)15-17-6-8-19(9-7-17)35-28(39)21-12-18(30)14-33-26(21)27(31)32/h2-5,10-14,16-17,19,27H,6-9,15H2,1H3,(H,35,39)/t17-,19-. The summed E-state index contributed by atoms with van der Waals surface area (Å²) in [4.78, 5) is 34.6.